The molecule has 1 heterocycles. The molecule has 1 unspecified atom stereocenters. The first kappa shape index (κ1) is 20.7. The van der Waals surface area contributed by atoms with Crippen molar-refractivity contribution in [2.45, 2.75) is 38.4 Å². The quantitative estimate of drug-likeness (QED) is 0.722. The number of hydrogen-bond donors (Lipinski definition) is 2. The number of rotatable bonds is 3. The molecule has 2 aromatic carbocycles. The summed E-state index contributed by atoms with van der Waals surface area (Å²) in [4.78, 5) is 26.8. The van der Waals surface area contributed by atoms with Gasteiger partial charge in [0.05, 0.1) is 5.56 Å². The summed E-state index contributed by atoms with van der Waals surface area (Å²) >= 11 is 0. The second-order valence-electron chi connectivity index (χ2n) is 7.08. The minimum absolute atomic E-state index is 0.0796. The molecular weight excluding hydrogens is 383 g/mol. The Bertz CT molecular complexity index is 881. The third-order valence-electron chi connectivity index (χ3n) is 4.90. The van der Waals surface area contributed by atoms with Crippen LogP contribution in [0.25, 0.3) is 0 Å². The van der Waals surface area contributed by atoms with Gasteiger partial charge in [0.2, 0.25) is 0 Å². The first-order valence-corrected chi connectivity index (χ1v) is 9.40. The largest absolute Gasteiger partial charge is 0.416 e. The topological polar surface area (TPSA) is 61.4 Å². The number of halogens is 3. The predicted molar refractivity (Wildman–Crippen MR) is 105 cm³/mol. The van der Waals surface area contributed by atoms with Crippen LogP contribution in [0, 0.1) is 0 Å². The SMILES string of the molecule is CC1CCCCN1C(=O)c1cccc(NC(=O)Nc2ccc(C(F)(F)F)cc2)c1. The Morgan fingerprint density at radius 2 is 1.69 bits per heavy atom. The number of carbonyl (C=O) groups is 2. The third kappa shape index (κ3) is 5.28. The van der Waals surface area contributed by atoms with Gasteiger partial charge in [-0.1, -0.05) is 6.07 Å². The first-order chi connectivity index (χ1) is 13.7. The fourth-order valence-corrected chi connectivity index (χ4v) is 3.33. The van der Waals surface area contributed by atoms with Gasteiger partial charge in [0, 0.05) is 29.5 Å². The number of carbonyl (C=O) groups excluding carboxylic acids is 2. The van der Waals surface area contributed by atoms with E-state index in [0.29, 0.717) is 17.8 Å². The molecule has 1 aliphatic rings. The number of amides is 3. The number of benzene rings is 2. The Balaban J connectivity index is 1.63. The van der Waals surface area contributed by atoms with Crippen LogP contribution in [0.2, 0.25) is 0 Å². The zero-order valence-electron chi connectivity index (χ0n) is 15.9. The first-order valence-electron chi connectivity index (χ1n) is 9.40. The van der Waals surface area contributed by atoms with Crippen molar-refractivity contribution in [3.8, 4) is 0 Å². The summed E-state index contributed by atoms with van der Waals surface area (Å²) < 4.78 is 37.8. The molecule has 154 valence electrons. The molecule has 1 fully saturated rings. The highest BCUT2D eigenvalue weighted by atomic mass is 19.4. The van der Waals surface area contributed by atoms with Crippen molar-refractivity contribution in [1.29, 1.82) is 0 Å². The van der Waals surface area contributed by atoms with E-state index in [2.05, 4.69) is 10.6 Å². The van der Waals surface area contributed by atoms with E-state index in [-0.39, 0.29) is 17.6 Å². The summed E-state index contributed by atoms with van der Waals surface area (Å²) in [5.41, 5.74) is 0.336. The minimum atomic E-state index is -4.43. The van der Waals surface area contributed by atoms with Gasteiger partial charge in [0.25, 0.3) is 5.91 Å². The van der Waals surface area contributed by atoms with Crippen LogP contribution in [0.4, 0.5) is 29.3 Å². The molecule has 1 aliphatic heterocycles. The average Bonchev–Trinajstić information content (AvgIpc) is 2.67. The Labute approximate surface area is 166 Å². The van der Waals surface area contributed by atoms with Crippen LogP contribution in [0.1, 0.15) is 42.1 Å². The van der Waals surface area contributed by atoms with Gasteiger partial charge in [-0.25, -0.2) is 4.79 Å². The summed E-state index contributed by atoms with van der Waals surface area (Å²) in [6, 6.07) is 10.3. The molecule has 3 rings (SSSR count). The molecule has 1 saturated heterocycles. The molecule has 2 N–H and O–H groups in total. The van der Waals surface area contributed by atoms with Crippen molar-refractivity contribution >= 4 is 23.3 Å². The highest BCUT2D eigenvalue weighted by Gasteiger charge is 2.30. The van der Waals surface area contributed by atoms with Gasteiger partial charge >= 0.3 is 12.2 Å². The van der Waals surface area contributed by atoms with Gasteiger partial charge in [-0.2, -0.15) is 13.2 Å². The van der Waals surface area contributed by atoms with E-state index in [9.17, 15) is 22.8 Å². The van der Waals surface area contributed by atoms with Crippen molar-refractivity contribution in [1.82, 2.24) is 4.90 Å². The summed E-state index contributed by atoms with van der Waals surface area (Å²) in [5, 5.41) is 5.08. The van der Waals surface area contributed by atoms with E-state index >= 15 is 0 Å². The van der Waals surface area contributed by atoms with Crippen molar-refractivity contribution in [2.24, 2.45) is 0 Å². The zero-order chi connectivity index (χ0) is 21.0. The van der Waals surface area contributed by atoms with Gasteiger partial charge in [0.15, 0.2) is 0 Å². The van der Waals surface area contributed by atoms with Crippen LogP contribution in [0.5, 0.6) is 0 Å². The standard InChI is InChI=1S/C21H22F3N3O2/c1-14-5-2-3-12-27(14)19(28)15-6-4-7-18(13-15)26-20(29)25-17-10-8-16(9-11-17)21(22,23)24/h4,6-11,13-14H,2-3,5,12H2,1H3,(H2,25,26,29). The molecule has 0 aromatic heterocycles. The molecule has 3 amide bonds. The Kier molecular flexibility index (Phi) is 6.10. The van der Waals surface area contributed by atoms with Crippen LogP contribution in [0.15, 0.2) is 48.5 Å². The van der Waals surface area contributed by atoms with E-state index in [1.807, 2.05) is 11.8 Å². The Morgan fingerprint density at radius 3 is 2.34 bits per heavy atom. The monoisotopic (exact) mass is 405 g/mol. The molecule has 0 spiro atoms. The highest BCUT2D eigenvalue weighted by molar-refractivity contribution is 6.01. The second-order valence-corrected chi connectivity index (χ2v) is 7.08. The van der Waals surface area contributed by atoms with Gasteiger partial charge in [-0.05, 0) is 68.7 Å². The Hall–Kier alpha value is -3.03. The van der Waals surface area contributed by atoms with Gasteiger partial charge < -0.3 is 15.5 Å². The molecule has 5 nitrogen and oxygen atoms in total. The molecule has 29 heavy (non-hydrogen) atoms. The molecule has 0 bridgehead atoms. The molecular formula is C21H22F3N3O2. The highest BCUT2D eigenvalue weighted by Crippen LogP contribution is 2.29. The van der Waals surface area contributed by atoms with Crippen LogP contribution >= 0.6 is 0 Å². The number of nitrogens with one attached hydrogen (secondary N) is 2. The van der Waals surface area contributed by atoms with Crippen LogP contribution < -0.4 is 10.6 Å². The van der Waals surface area contributed by atoms with Crippen LogP contribution in [-0.4, -0.2) is 29.4 Å². The maximum atomic E-state index is 12.8. The fourth-order valence-electron chi connectivity index (χ4n) is 3.33. The average molecular weight is 405 g/mol. The summed E-state index contributed by atoms with van der Waals surface area (Å²) in [6.45, 7) is 2.74. The Morgan fingerprint density at radius 1 is 1.00 bits per heavy atom. The van der Waals surface area contributed by atoms with Gasteiger partial charge in [-0.15, -0.1) is 0 Å². The molecule has 0 saturated carbocycles. The number of likely N-dealkylation sites (tertiary alicyclic amines) is 1. The van der Waals surface area contributed by atoms with Crippen molar-refractivity contribution in [2.75, 3.05) is 17.2 Å². The summed E-state index contributed by atoms with van der Waals surface area (Å²) in [7, 11) is 0. The number of piperidine rings is 1. The van der Waals surface area contributed by atoms with Gasteiger partial charge in [0.1, 0.15) is 0 Å². The smallest absolute Gasteiger partial charge is 0.336 e. The molecule has 1 atom stereocenters. The predicted octanol–water partition coefficient (Wildman–Crippen LogP) is 5.36. The lowest BCUT2D eigenvalue weighted by molar-refractivity contribution is -0.137. The van der Waals surface area contributed by atoms with Crippen molar-refractivity contribution in [3.63, 3.8) is 0 Å². The molecule has 2 aromatic rings. The lowest BCUT2D eigenvalue weighted by Crippen LogP contribution is -2.42. The van der Waals surface area contributed by atoms with E-state index < -0.39 is 17.8 Å². The maximum absolute atomic E-state index is 12.8. The molecule has 0 radical (unpaired) electrons. The number of urea groups is 1. The third-order valence-corrected chi connectivity index (χ3v) is 4.90. The number of anilines is 2. The van der Waals surface area contributed by atoms with Gasteiger partial charge in [-0.3, -0.25) is 4.79 Å². The number of alkyl halides is 3. The zero-order valence-corrected chi connectivity index (χ0v) is 15.9. The van der Waals surface area contributed by atoms with Crippen molar-refractivity contribution < 1.29 is 22.8 Å². The summed E-state index contributed by atoms with van der Waals surface area (Å²) in [5.74, 6) is -0.0796. The van der Waals surface area contributed by atoms with Crippen LogP contribution in [0.3, 0.4) is 0 Å². The van der Waals surface area contributed by atoms with E-state index in [1.165, 1.54) is 12.1 Å². The second kappa shape index (κ2) is 8.55. The van der Waals surface area contributed by atoms with E-state index in [0.717, 1.165) is 31.4 Å². The normalized spacial score (nSPS) is 17.0. The summed E-state index contributed by atoms with van der Waals surface area (Å²) in [6.07, 6.45) is -1.38. The molecule has 0 aliphatic carbocycles. The lowest BCUT2D eigenvalue weighted by atomic mass is 10.0. The number of nitrogens with zero attached hydrogens (tertiary/aromatic N) is 1. The fraction of sp³-hybridized carbons (Fsp3) is 0.333. The number of hydrogen-bond acceptors (Lipinski definition) is 2. The minimum Gasteiger partial charge on any atom is -0.336 e. The maximum Gasteiger partial charge on any atom is 0.416 e. The lowest BCUT2D eigenvalue weighted by Gasteiger charge is -2.33. The molecule has 8 heteroatoms. The van der Waals surface area contributed by atoms with Crippen molar-refractivity contribution in [3.05, 3.63) is 59.7 Å². The van der Waals surface area contributed by atoms with E-state index in [1.54, 1.807) is 24.3 Å². The van der Waals surface area contributed by atoms with Crippen LogP contribution in [-0.2, 0) is 6.18 Å². The van der Waals surface area contributed by atoms with E-state index in [4.69, 9.17) is 0 Å².